The van der Waals surface area contributed by atoms with E-state index in [1.54, 1.807) is 0 Å². The van der Waals surface area contributed by atoms with Gasteiger partial charge in [-0.15, -0.1) is 0 Å². The van der Waals surface area contributed by atoms with Crippen LogP contribution < -0.4 is 5.32 Å². The van der Waals surface area contributed by atoms with Crippen molar-refractivity contribution in [3.8, 4) is 0 Å². The van der Waals surface area contributed by atoms with Gasteiger partial charge in [0.1, 0.15) is 5.15 Å². The van der Waals surface area contributed by atoms with Gasteiger partial charge in [0.2, 0.25) is 0 Å². The molecule has 0 spiro atoms. The number of nitrogens with one attached hydrogen (secondary N) is 1. The maximum atomic E-state index is 12.0. The lowest BCUT2D eigenvalue weighted by Crippen LogP contribution is -2.26. The Hall–Kier alpha value is -1.58. The molecule has 2 aromatic rings. The van der Waals surface area contributed by atoms with Crippen molar-refractivity contribution < 1.29 is 4.79 Å². The highest BCUT2D eigenvalue weighted by molar-refractivity contribution is 6.35. The van der Waals surface area contributed by atoms with E-state index in [1.807, 2.05) is 25.1 Å². The number of hydrogen-bond acceptors (Lipinski definition) is 2. The van der Waals surface area contributed by atoms with E-state index in [9.17, 15) is 4.79 Å². The van der Waals surface area contributed by atoms with Gasteiger partial charge in [-0.3, -0.25) is 4.79 Å². The third kappa shape index (κ3) is 3.95. The van der Waals surface area contributed by atoms with Crippen LogP contribution in [0, 0.1) is 6.92 Å². The highest BCUT2D eigenvalue weighted by Gasteiger charge is 2.11. The first kappa shape index (κ1) is 14.8. The molecule has 1 amide bonds. The number of hydrogen-bond donors (Lipinski definition) is 1. The zero-order valence-corrected chi connectivity index (χ0v) is 12.5. The van der Waals surface area contributed by atoms with Crippen molar-refractivity contribution >= 4 is 29.1 Å². The summed E-state index contributed by atoms with van der Waals surface area (Å²) in [7, 11) is 0. The van der Waals surface area contributed by atoms with Crippen LogP contribution in [0.25, 0.3) is 0 Å². The van der Waals surface area contributed by atoms with Crippen molar-refractivity contribution in [3.63, 3.8) is 0 Å². The van der Waals surface area contributed by atoms with Gasteiger partial charge in [0.15, 0.2) is 0 Å². The predicted molar refractivity (Wildman–Crippen MR) is 81.5 cm³/mol. The lowest BCUT2D eigenvalue weighted by Gasteiger charge is -2.07. The van der Waals surface area contributed by atoms with E-state index in [0.717, 1.165) is 6.42 Å². The SMILES string of the molecule is Cc1cccc(CCNC(=O)c2cc(Cl)ncc2Cl)c1. The number of carbonyl (C=O) groups excluding carboxylic acids is 1. The quantitative estimate of drug-likeness (QED) is 0.876. The molecule has 0 fully saturated rings. The van der Waals surface area contributed by atoms with Crippen molar-refractivity contribution in [1.29, 1.82) is 0 Å². The van der Waals surface area contributed by atoms with Gasteiger partial charge in [0.05, 0.1) is 10.6 Å². The van der Waals surface area contributed by atoms with Crippen LogP contribution in [-0.2, 0) is 6.42 Å². The second-order valence-corrected chi connectivity index (χ2v) is 5.28. The fourth-order valence-electron chi connectivity index (χ4n) is 1.87. The van der Waals surface area contributed by atoms with Gasteiger partial charge < -0.3 is 5.32 Å². The normalized spacial score (nSPS) is 10.3. The maximum Gasteiger partial charge on any atom is 0.252 e. The smallest absolute Gasteiger partial charge is 0.252 e. The number of pyridine rings is 1. The highest BCUT2D eigenvalue weighted by atomic mass is 35.5. The summed E-state index contributed by atoms with van der Waals surface area (Å²) in [4.78, 5) is 15.8. The summed E-state index contributed by atoms with van der Waals surface area (Å²) in [6.45, 7) is 2.58. The predicted octanol–water partition coefficient (Wildman–Crippen LogP) is 3.67. The molecular weight excluding hydrogens is 295 g/mol. The van der Waals surface area contributed by atoms with Crippen LogP contribution in [0.5, 0.6) is 0 Å². The summed E-state index contributed by atoms with van der Waals surface area (Å²) in [5.41, 5.74) is 2.73. The second-order valence-electron chi connectivity index (χ2n) is 4.48. The van der Waals surface area contributed by atoms with Crippen molar-refractivity contribution in [2.24, 2.45) is 0 Å². The molecule has 0 saturated heterocycles. The Bertz CT molecular complexity index is 629. The topological polar surface area (TPSA) is 42.0 Å². The summed E-state index contributed by atoms with van der Waals surface area (Å²) in [6.07, 6.45) is 2.14. The lowest BCUT2D eigenvalue weighted by atomic mass is 10.1. The summed E-state index contributed by atoms with van der Waals surface area (Å²) in [5.74, 6) is -0.244. The molecule has 0 bridgehead atoms. The number of halogens is 2. The zero-order valence-electron chi connectivity index (χ0n) is 11.0. The number of aromatic nitrogens is 1. The minimum absolute atomic E-state index is 0.244. The molecule has 1 heterocycles. The fraction of sp³-hybridized carbons (Fsp3) is 0.200. The summed E-state index contributed by atoms with van der Waals surface area (Å²) >= 11 is 11.7. The zero-order chi connectivity index (χ0) is 14.5. The number of amides is 1. The number of nitrogens with zero attached hydrogens (tertiary/aromatic N) is 1. The molecule has 0 saturated carbocycles. The number of benzene rings is 1. The molecule has 0 unspecified atom stereocenters. The Morgan fingerprint density at radius 2 is 2.10 bits per heavy atom. The van der Waals surface area contributed by atoms with Crippen molar-refractivity contribution in [3.05, 3.63) is 63.4 Å². The van der Waals surface area contributed by atoms with E-state index in [1.165, 1.54) is 23.4 Å². The van der Waals surface area contributed by atoms with Gasteiger partial charge in [-0.25, -0.2) is 4.98 Å². The molecule has 1 aromatic carbocycles. The maximum absolute atomic E-state index is 12.0. The van der Waals surface area contributed by atoms with Crippen LogP contribution in [0.3, 0.4) is 0 Å². The van der Waals surface area contributed by atoms with Gasteiger partial charge in [0, 0.05) is 12.7 Å². The van der Waals surface area contributed by atoms with Crippen LogP contribution >= 0.6 is 23.2 Å². The van der Waals surface area contributed by atoms with Crippen LogP contribution in [0.15, 0.2) is 36.5 Å². The van der Waals surface area contributed by atoms with Gasteiger partial charge in [-0.1, -0.05) is 53.0 Å². The minimum Gasteiger partial charge on any atom is -0.352 e. The third-order valence-corrected chi connectivity index (χ3v) is 3.36. The molecule has 0 atom stereocenters. The lowest BCUT2D eigenvalue weighted by molar-refractivity contribution is 0.0954. The number of carbonyl (C=O) groups is 1. The summed E-state index contributed by atoms with van der Waals surface area (Å²) in [5, 5.41) is 3.37. The van der Waals surface area contributed by atoms with Gasteiger partial charge in [-0.05, 0) is 25.0 Å². The Morgan fingerprint density at radius 3 is 2.85 bits per heavy atom. The van der Waals surface area contributed by atoms with Crippen LogP contribution in [0.2, 0.25) is 10.2 Å². The molecule has 5 heteroatoms. The summed E-state index contributed by atoms with van der Waals surface area (Å²) < 4.78 is 0. The van der Waals surface area contributed by atoms with Crippen molar-refractivity contribution in [1.82, 2.24) is 10.3 Å². The minimum atomic E-state index is -0.244. The van der Waals surface area contributed by atoms with E-state index in [-0.39, 0.29) is 11.1 Å². The molecular formula is C15H14Cl2N2O. The molecule has 1 aromatic heterocycles. The Kier molecular flexibility index (Phi) is 4.99. The van der Waals surface area contributed by atoms with Crippen LogP contribution in [0.4, 0.5) is 0 Å². The first-order valence-electron chi connectivity index (χ1n) is 6.21. The molecule has 104 valence electrons. The monoisotopic (exact) mass is 308 g/mol. The molecule has 0 radical (unpaired) electrons. The molecule has 3 nitrogen and oxygen atoms in total. The summed E-state index contributed by atoms with van der Waals surface area (Å²) in [6, 6.07) is 9.65. The van der Waals surface area contributed by atoms with Crippen molar-refractivity contribution in [2.75, 3.05) is 6.54 Å². The van der Waals surface area contributed by atoms with Gasteiger partial charge in [0.25, 0.3) is 5.91 Å². The highest BCUT2D eigenvalue weighted by Crippen LogP contribution is 2.17. The first-order valence-corrected chi connectivity index (χ1v) is 6.96. The Labute approximate surface area is 127 Å². The van der Waals surface area contributed by atoms with Crippen molar-refractivity contribution in [2.45, 2.75) is 13.3 Å². The van der Waals surface area contributed by atoms with E-state index < -0.39 is 0 Å². The Balaban J connectivity index is 1.94. The first-order chi connectivity index (χ1) is 9.56. The second kappa shape index (κ2) is 6.73. The number of aryl methyl sites for hydroxylation is 1. The Morgan fingerprint density at radius 1 is 1.30 bits per heavy atom. The molecule has 0 aliphatic carbocycles. The van der Waals surface area contributed by atoms with E-state index in [0.29, 0.717) is 17.1 Å². The average molecular weight is 309 g/mol. The van der Waals surface area contributed by atoms with Gasteiger partial charge >= 0.3 is 0 Å². The third-order valence-electron chi connectivity index (χ3n) is 2.85. The molecule has 20 heavy (non-hydrogen) atoms. The largest absolute Gasteiger partial charge is 0.352 e. The van der Waals surface area contributed by atoms with Crippen LogP contribution in [0.1, 0.15) is 21.5 Å². The molecule has 0 aliphatic heterocycles. The van der Waals surface area contributed by atoms with E-state index in [4.69, 9.17) is 23.2 Å². The van der Waals surface area contributed by atoms with Gasteiger partial charge in [-0.2, -0.15) is 0 Å². The standard InChI is InChI=1S/C15H14Cl2N2O/c1-10-3-2-4-11(7-10)5-6-18-15(20)12-8-14(17)19-9-13(12)16/h2-4,7-9H,5-6H2,1H3,(H,18,20). The molecule has 0 aliphatic rings. The molecule has 2 rings (SSSR count). The van der Waals surface area contributed by atoms with E-state index >= 15 is 0 Å². The number of rotatable bonds is 4. The average Bonchev–Trinajstić information content (AvgIpc) is 2.41. The van der Waals surface area contributed by atoms with Crippen LogP contribution in [-0.4, -0.2) is 17.4 Å². The van der Waals surface area contributed by atoms with E-state index in [2.05, 4.69) is 16.4 Å². The fourth-order valence-corrected chi connectivity index (χ4v) is 2.22. The molecule has 1 N–H and O–H groups in total.